The molecule has 0 radical (unpaired) electrons. The van der Waals surface area contributed by atoms with Crippen molar-refractivity contribution in [1.82, 2.24) is 0 Å². The standard InChI is InChI=1S/C11H17NS/c1-3-11(5-6-11)10(12)9-4-7-13-8(9)2/h4,7,10H,3,5-6,12H2,1-2H3. The monoisotopic (exact) mass is 195 g/mol. The first kappa shape index (κ1) is 9.22. The minimum atomic E-state index is 0.281. The minimum Gasteiger partial charge on any atom is -0.323 e. The molecule has 1 fully saturated rings. The van der Waals surface area contributed by atoms with E-state index in [2.05, 4.69) is 25.3 Å². The van der Waals surface area contributed by atoms with Gasteiger partial charge in [-0.3, -0.25) is 0 Å². The van der Waals surface area contributed by atoms with Gasteiger partial charge >= 0.3 is 0 Å². The van der Waals surface area contributed by atoms with E-state index < -0.39 is 0 Å². The van der Waals surface area contributed by atoms with Crippen LogP contribution >= 0.6 is 11.3 Å². The third-order valence-electron chi connectivity index (χ3n) is 3.49. The highest BCUT2D eigenvalue weighted by molar-refractivity contribution is 7.10. The van der Waals surface area contributed by atoms with E-state index in [1.54, 1.807) is 0 Å². The van der Waals surface area contributed by atoms with Crippen LogP contribution in [0.15, 0.2) is 11.4 Å². The van der Waals surface area contributed by atoms with Crippen LogP contribution in [-0.2, 0) is 0 Å². The fraction of sp³-hybridized carbons (Fsp3) is 0.636. The smallest absolute Gasteiger partial charge is 0.0362 e. The molecular formula is C11H17NS. The lowest BCUT2D eigenvalue weighted by molar-refractivity contribution is 0.394. The molecule has 0 amide bonds. The molecule has 1 saturated carbocycles. The Balaban J connectivity index is 2.22. The number of nitrogens with two attached hydrogens (primary N) is 1. The van der Waals surface area contributed by atoms with Gasteiger partial charge in [-0.1, -0.05) is 6.92 Å². The second-order valence-corrected chi connectivity index (χ2v) is 5.25. The lowest BCUT2D eigenvalue weighted by Gasteiger charge is -2.21. The summed E-state index contributed by atoms with van der Waals surface area (Å²) < 4.78 is 0. The maximum absolute atomic E-state index is 6.30. The predicted octanol–water partition coefficient (Wildman–Crippen LogP) is 3.25. The maximum atomic E-state index is 6.30. The molecule has 13 heavy (non-hydrogen) atoms. The van der Waals surface area contributed by atoms with E-state index >= 15 is 0 Å². The second kappa shape index (κ2) is 3.10. The van der Waals surface area contributed by atoms with E-state index in [0.717, 1.165) is 0 Å². The molecule has 1 atom stereocenters. The Morgan fingerprint density at radius 2 is 2.31 bits per heavy atom. The van der Waals surface area contributed by atoms with Crippen molar-refractivity contribution in [3.63, 3.8) is 0 Å². The summed E-state index contributed by atoms with van der Waals surface area (Å²) >= 11 is 1.81. The highest BCUT2D eigenvalue weighted by Gasteiger charge is 2.46. The van der Waals surface area contributed by atoms with Crippen molar-refractivity contribution in [3.05, 3.63) is 21.9 Å². The van der Waals surface area contributed by atoms with Gasteiger partial charge in [0.2, 0.25) is 0 Å². The molecule has 72 valence electrons. The fourth-order valence-corrected chi connectivity index (χ4v) is 2.84. The number of rotatable bonds is 3. The van der Waals surface area contributed by atoms with Crippen molar-refractivity contribution in [2.75, 3.05) is 0 Å². The quantitative estimate of drug-likeness (QED) is 0.787. The van der Waals surface area contributed by atoms with Gasteiger partial charge < -0.3 is 5.73 Å². The Bertz CT molecular complexity index is 299. The van der Waals surface area contributed by atoms with Gasteiger partial charge in [-0.05, 0) is 48.6 Å². The molecule has 1 unspecified atom stereocenters. The van der Waals surface area contributed by atoms with Gasteiger partial charge in [-0.25, -0.2) is 0 Å². The van der Waals surface area contributed by atoms with Gasteiger partial charge in [-0.15, -0.1) is 11.3 Å². The van der Waals surface area contributed by atoms with Gasteiger partial charge in [0.15, 0.2) is 0 Å². The number of hydrogen-bond acceptors (Lipinski definition) is 2. The summed E-state index contributed by atoms with van der Waals surface area (Å²) in [5.41, 5.74) is 8.13. The number of thiophene rings is 1. The third-order valence-corrected chi connectivity index (χ3v) is 4.35. The van der Waals surface area contributed by atoms with Crippen LogP contribution in [0.5, 0.6) is 0 Å². The molecular weight excluding hydrogens is 178 g/mol. The molecule has 1 nitrogen and oxygen atoms in total. The Hall–Kier alpha value is -0.340. The summed E-state index contributed by atoms with van der Waals surface area (Å²) in [7, 11) is 0. The van der Waals surface area contributed by atoms with Crippen molar-refractivity contribution in [3.8, 4) is 0 Å². The Labute approximate surface area is 84.0 Å². The average molecular weight is 195 g/mol. The summed E-state index contributed by atoms with van der Waals surface area (Å²) in [6, 6.07) is 2.48. The van der Waals surface area contributed by atoms with Crippen molar-refractivity contribution >= 4 is 11.3 Å². The summed E-state index contributed by atoms with van der Waals surface area (Å²) in [6.45, 7) is 4.43. The maximum Gasteiger partial charge on any atom is 0.0362 e. The molecule has 2 rings (SSSR count). The zero-order valence-electron chi connectivity index (χ0n) is 8.34. The van der Waals surface area contributed by atoms with Crippen LogP contribution in [0.3, 0.4) is 0 Å². The summed E-state index contributed by atoms with van der Waals surface area (Å²) in [6.07, 6.45) is 3.86. The molecule has 0 aliphatic heterocycles. The minimum absolute atomic E-state index is 0.281. The average Bonchev–Trinajstić information content (AvgIpc) is 2.83. The van der Waals surface area contributed by atoms with Crippen molar-refractivity contribution in [2.24, 2.45) is 11.1 Å². The summed E-state index contributed by atoms with van der Waals surface area (Å²) in [5.74, 6) is 0. The van der Waals surface area contributed by atoms with Crippen molar-refractivity contribution in [2.45, 2.75) is 39.2 Å². The molecule has 0 spiro atoms. The Morgan fingerprint density at radius 1 is 1.62 bits per heavy atom. The fourth-order valence-electron chi connectivity index (χ4n) is 2.09. The van der Waals surface area contributed by atoms with Crippen molar-refractivity contribution < 1.29 is 0 Å². The number of aryl methyl sites for hydroxylation is 1. The van der Waals surface area contributed by atoms with Crippen LogP contribution in [0.4, 0.5) is 0 Å². The van der Waals surface area contributed by atoms with E-state index in [1.807, 2.05) is 11.3 Å². The molecule has 1 aliphatic carbocycles. The van der Waals surface area contributed by atoms with Crippen LogP contribution in [0, 0.1) is 12.3 Å². The molecule has 1 aromatic rings. The first-order valence-corrected chi connectivity index (χ1v) is 5.87. The van der Waals surface area contributed by atoms with Gasteiger partial charge in [0.1, 0.15) is 0 Å². The van der Waals surface area contributed by atoms with Crippen LogP contribution in [0.2, 0.25) is 0 Å². The van der Waals surface area contributed by atoms with Crippen LogP contribution < -0.4 is 5.73 Å². The highest BCUT2D eigenvalue weighted by Crippen LogP contribution is 2.56. The topological polar surface area (TPSA) is 26.0 Å². The van der Waals surface area contributed by atoms with Crippen LogP contribution in [0.1, 0.15) is 42.7 Å². The second-order valence-electron chi connectivity index (χ2n) is 4.13. The van der Waals surface area contributed by atoms with Gasteiger partial charge in [-0.2, -0.15) is 0 Å². The molecule has 0 bridgehead atoms. The van der Waals surface area contributed by atoms with Gasteiger partial charge in [0, 0.05) is 10.9 Å². The van der Waals surface area contributed by atoms with E-state index in [-0.39, 0.29) is 6.04 Å². The molecule has 1 aromatic heterocycles. The largest absolute Gasteiger partial charge is 0.323 e. The third kappa shape index (κ3) is 1.42. The first-order chi connectivity index (χ1) is 6.19. The Kier molecular flexibility index (Phi) is 2.20. The summed E-state index contributed by atoms with van der Waals surface area (Å²) in [4.78, 5) is 1.40. The summed E-state index contributed by atoms with van der Waals surface area (Å²) in [5, 5.41) is 2.15. The number of hydrogen-bond donors (Lipinski definition) is 1. The van der Waals surface area contributed by atoms with E-state index in [9.17, 15) is 0 Å². The molecule has 0 aromatic carbocycles. The molecule has 2 heteroatoms. The molecule has 2 N–H and O–H groups in total. The molecule has 1 aliphatic rings. The lowest BCUT2D eigenvalue weighted by Crippen LogP contribution is -2.22. The lowest BCUT2D eigenvalue weighted by atomic mass is 9.89. The van der Waals surface area contributed by atoms with Crippen LogP contribution in [-0.4, -0.2) is 0 Å². The van der Waals surface area contributed by atoms with Crippen LogP contribution in [0.25, 0.3) is 0 Å². The molecule has 0 saturated heterocycles. The van der Waals surface area contributed by atoms with Gasteiger partial charge in [0.05, 0.1) is 0 Å². The normalized spacial score (nSPS) is 21.5. The first-order valence-electron chi connectivity index (χ1n) is 4.99. The SMILES string of the molecule is CCC1(C(N)c2ccsc2C)CC1. The Morgan fingerprint density at radius 3 is 2.69 bits per heavy atom. The highest BCUT2D eigenvalue weighted by atomic mass is 32.1. The van der Waals surface area contributed by atoms with E-state index in [1.165, 1.54) is 29.7 Å². The van der Waals surface area contributed by atoms with E-state index in [0.29, 0.717) is 5.41 Å². The zero-order valence-corrected chi connectivity index (χ0v) is 9.16. The zero-order chi connectivity index (χ0) is 9.47. The predicted molar refractivity (Wildman–Crippen MR) is 57.9 cm³/mol. The van der Waals surface area contributed by atoms with Gasteiger partial charge in [0.25, 0.3) is 0 Å². The van der Waals surface area contributed by atoms with Crippen molar-refractivity contribution in [1.29, 1.82) is 0 Å². The van der Waals surface area contributed by atoms with E-state index in [4.69, 9.17) is 5.73 Å². The molecule has 1 heterocycles.